The van der Waals surface area contributed by atoms with Crippen LogP contribution in [0.5, 0.6) is 11.5 Å². The lowest BCUT2D eigenvalue weighted by atomic mass is 9.95. The van der Waals surface area contributed by atoms with Crippen molar-refractivity contribution in [3.05, 3.63) is 131 Å². The van der Waals surface area contributed by atoms with Crippen molar-refractivity contribution in [3.8, 4) is 11.5 Å². The molecule has 0 saturated carbocycles. The van der Waals surface area contributed by atoms with Crippen molar-refractivity contribution < 1.29 is 37.7 Å². The highest BCUT2D eigenvalue weighted by Crippen LogP contribution is 2.44. The number of hydrogen-bond donors (Lipinski definition) is 2. The number of rotatable bonds is 14. The molecule has 3 aromatic carbocycles. The molecule has 2 amide bonds. The van der Waals surface area contributed by atoms with Crippen LogP contribution >= 0.6 is 7.52 Å². The predicted octanol–water partition coefficient (Wildman–Crippen LogP) is 6.09. The van der Waals surface area contributed by atoms with E-state index in [0.29, 0.717) is 28.0 Å². The molecule has 52 heavy (non-hydrogen) atoms. The second-order valence-electron chi connectivity index (χ2n) is 12.2. The van der Waals surface area contributed by atoms with Crippen molar-refractivity contribution in [2.45, 2.75) is 39.5 Å². The van der Waals surface area contributed by atoms with Gasteiger partial charge >= 0.3 is 13.5 Å². The van der Waals surface area contributed by atoms with Gasteiger partial charge in [-0.1, -0.05) is 42.5 Å². The number of carbonyl (C=O) groups excluding carboxylic acids is 3. The first-order valence-corrected chi connectivity index (χ1v) is 18.5. The second kappa shape index (κ2) is 15.7. The monoisotopic (exact) mass is 725 g/mol. The summed E-state index contributed by atoms with van der Waals surface area (Å²) in [5.74, 6) is -2.11. The number of phenols is 1. The predicted molar refractivity (Wildman–Crippen MR) is 191 cm³/mol. The molecule has 5 aromatic rings. The standard InChI is InChI=1S/C38H37FN5O7P/c1-3-50-38(48)25(2)42-52(49,51-29-11-5-4-6-12-29)21-20-43(23-28-10-7-8-18-40-28)36(46)32-30-13-9-19-41-34(30)35(45)33-31(32)24-44(37(33)47)22-26-14-16-27(39)17-15-26/h4-19,25,45H,3,20-24H2,1-2H3,(H,42,49)/t25-,52?/m0/s1. The van der Waals surface area contributed by atoms with Gasteiger partial charge in [0.2, 0.25) is 0 Å². The van der Waals surface area contributed by atoms with E-state index in [9.17, 15) is 28.4 Å². The molecule has 1 aliphatic rings. The molecule has 1 aliphatic heterocycles. The van der Waals surface area contributed by atoms with Crippen LogP contribution in [0.3, 0.4) is 0 Å². The largest absolute Gasteiger partial charge is 0.505 e. The number of benzene rings is 3. The number of fused-ring (bicyclic) bond motifs is 2. The van der Waals surface area contributed by atoms with Crippen LogP contribution in [0, 0.1) is 5.82 Å². The number of carbonyl (C=O) groups is 3. The summed E-state index contributed by atoms with van der Waals surface area (Å²) < 4.78 is 39.3. The summed E-state index contributed by atoms with van der Waals surface area (Å²) in [4.78, 5) is 53.0. The summed E-state index contributed by atoms with van der Waals surface area (Å²) in [6.45, 7) is 3.26. The highest BCUT2D eigenvalue weighted by molar-refractivity contribution is 7.57. The van der Waals surface area contributed by atoms with Crippen molar-refractivity contribution in [2.24, 2.45) is 0 Å². The van der Waals surface area contributed by atoms with Crippen LogP contribution in [0.25, 0.3) is 10.9 Å². The Morgan fingerprint density at radius 2 is 1.75 bits per heavy atom. The molecule has 2 N–H and O–H groups in total. The summed E-state index contributed by atoms with van der Waals surface area (Å²) in [7, 11) is -3.91. The van der Waals surface area contributed by atoms with Gasteiger partial charge in [0.15, 0.2) is 5.75 Å². The van der Waals surface area contributed by atoms with E-state index in [4.69, 9.17) is 9.26 Å². The molecule has 3 heterocycles. The lowest BCUT2D eigenvalue weighted by molar-refractivity contribution is -0.144. The number of halogens is 1. The van der Waals surface area contributed by atoms with Gasteiger partial charge in [0.1, 0.15) is 23.1 Å². The summed E-state index contributed by atoms with van der Waals surface area (Å²) in [5.41, 5.74) is 1.68. The average molecular weight is 726 g/mol. The molecule has 1 unspecified atom stereocenters. The van der Waals surface area contributed by atoms with Gasteiger partial charge < -0.3 is 24.2 Å². The fourth-order valence-corrected chi connectivity index (χ4v) is 8.02. The van der Waals surface area contributed by atoms with Gasteiger partial charge in [-0.25, -0.2) is 9.48 Å². The number of para-hydroxylation sites is 1. The summed E-state index contributed by atoms with van der Waals surface area (Å²) in [5, 5.41) is 14.5. The third-order valence-corrected chi connectivity index (χ3v) is 10.6. The van der Waals surface area contributed by atoms with Gasteiger partial charge in [0.05, 0.1) is 36.1 Å². The fourth-order valence-electron chi connectivity index (χ4n) is 6.09. The normalized spacial score (nSPS) is 14.1. The highest BCUT2D eigenvalue weighted by Gasteiger charge is 2.39. The molecule has 0 aliphatic carbocycles. The number of amides is 2. The number of nitrogens with one attached hydrogen (secondary N) is 1. The number of phenolic OH excluding ortho intramolecular Hbond substituents is 1. The maximum absolute atomic E-state index is 14.9. The number of esters is 1. The molecule has 6 rings (SSSR count). The van der Waals surface area contributed by atoms with E-state index in [1.807, 2.05) is 0 Å². The second-order valence-corrected chi connectivity index (χ2v) is 14.5. The Balaban J connectivity index is 1.39. The topological polar surface area (TPSA) is 151 Å². The minimum absolute atomic E-state index is 0.0108. The van der Waals surface area contributed by atoms with E-state index < -0.39 is 37.2 Å². The van der Waals surface area contributed by atoms with Crippen molar-refractivity contribution in [1.29, 1.82) is 0 Å². The number of aromatic nitrogens is 2. The number of nitrogens with zero attached hydrogens (tertiary/aromatic N) is 4. The first-order valence-electron chi connectivity index (χ1n) is 16.7. The van der Waals surface area contributed by atoms with Gasteiger partial charge in [-0.2, -0.15) is 0 Å². The van der Waals surface area contributed by atoms with Gasteiger partial charge in [0, 0.05) is 43.0 Å². The first kappa shape index (κ1) is 36.2. The van der Waals surface area contributed by atoms with E-state index in [2.05, 4.69) is 15.1 Å². The van der Waals surface area contributed by atoms with Crippen molar-refractivity contribution in [1.82, 2.24) is 24.9 Å². The van der Waals surface area contributed by atoms with Crippen LogP contribution in [0.1, 0.15) is 51.4 Å². The maximum Gasteiger partial charge on any atom is 0.323 e. The Kier molecular flexibility index (Phi) is 10.9. The number of ether oxygens (including phenoxy) is 1. The van der Waals surface area contributed by atoms with Crippen molar-refractivity contribution in [2.75, 3.05) is 19.3 Å². The molecule has 2 atom stereocenters. The van der Waals surface area contributed by atoms with E-state index in [1.165, 1.54) is 35.1 Å². The first-order chi connectivity index (χ1) is 25.1. The zero-order valence-electron chi connectivity index (χ0n) is 28.6. The van der Waals surface area contributed by atoms with Crippen LogP contribution < -0.4 is 9.61 Å². The van der Waals surface area contributed by atoms with Gasteiger partial charge in [-0.05, 0) is 61.9 Å². The van der Waals surface area contributed by atoms with Crippen LogP contribution in [-0.4, -0.2) is 68.0 Å². The number of pyridine rings is 2. The fraction of sp³-hybridized carbons (Fsp3) is 0.237. The van der Waals surface area contributed by atoms with Crippen LogP contribution in [0.2, 0.25) is 0 Å². The molecule has 0 saturated heterocycles. The molecule has 14 heteroatoms. The maximum atomic E-state index is 14.9. The molecular formula is C38H37FN5O7P. The van der Waals surface area contributed by atoms with Crippen LogP contribution in [0.4, 0.5) is 4.39 Å². The lowest BCUT2D eigenvalue weighted by Gasteiger charge is -2.28. The van der Waals surface area contributed by atoms with Gasteiger partial charge in [-0.3, -0.25) is 28.9 Å². The molecule has 12 nitrogen and oxygen atoms in total. The third kappa shape index (κ3) is 7.96. The Bertz CT molecular complexity index is 2140. The summed E-state index contributed by atoms with van der Waals surface area (Å²) >= 11 is 0. The minimum Gasteiger partial charge on any atom is -0.505 e. The van der Waals surface area contributed by atoms with Crippen LogP contribution in [-0.2, 0) is 33.7 Å². The molecule has 0 fully saturated rings. The Labute approximate surface area is 299 Å². The Hall–Kier alpha value is -5.65. The van der Waals surface area contributed by atoms with Gasteiger partial charge in [0.25, 0.3) is 11.8 Å². The zero-order valence-corrected chi connectivity index (χ0v) is 29.5. The van der Waals surface area contributed by atoms with E-state index >= 15 is 0 Å². The zero-order chi connectivity index (χ0) is 36.8. The highest BCUT2D eigenvalue weighted by atomic mass is 31.2. The summed E-state index contributed by atoms with van der Waals surface area (Å²) in [6, 6.07) is 21.8. The SMILES string of the molecule is CCOC(=O)[C@H](C)NP(=O)(CCN(Cc1ccccn1)C(=O)c1c2c(c(O)c3ncccc13)C(=O)N(Cc1ccc(F)cc1)C2)Oc1ccccc1. The Morgan fingerprint density at radius 1 is 1.02 bits per heavy atom. The molecule has 268 valence electrons. The smallest absolute Gasteiger partial charge is 0.323 e. The van der Waals surface area contributed by atoms with E-state index in [0.717, 1.165) is 0 Å². The number of aromatic hydroxyl groups is 1. The van der Waals surface area contributed by atoms with Gasteiger partial charge in [-0.15, -0.1) is 0 Å². The molecule has 0 bridgehead atoms. The third-order valence-electron chi connectivity index (χ3n) is 8.55. The van der Waals surface area contributed by atoms with Crippen molar-refractivity contribution in [3.63, 3.8) is 0 Å². The van der Waals surface area contributed by atoms with E-state index in [-0.39, 0.29) is 61.3 Å². The molecule has 0 radical (unpaired) electrons. The number of hydrogen-bond acceptors (Lipinski definition) is 9. The minimum atomic E-state index is -3.91. The lowest BCUT2D eigenvalue weighted by Crippen LogP contribution is -2.39. The van der Waals surface area contributed by atoms with E-state index in [1.54, 1.807) is 85.9 Å². The molecule has 0 spiro atoms. The van der Waals surface area contributed by atoms with Crippen LogP contribution in [0.15, 0.2) is 97.3 Å². The average Bonchev–Trinajstić information content (AvgIpc) is 3.46. The van der Waals surface area contributed by atoms with Crippen molar-refractivity contribution >= 4 is 36.2 Å². The molecule has 2 aromatic heterocycles. The summed E-state index contributed by atoms with van der Waals surface area (Å²) in [6.07, 6.45) is 2.82. The molecular weight excluding hydrogens is 688 g/mol. The Morgan fingerprint density at radius 3 is 2.46 bits per heavy atom. The quantitative estimate of drug-likeness (QED) is 0.102.